The number of hydrogen-bond acceptors (Lipinski definition) is 7. The van der Waals surface area contributed by atoms with E-state index in [9.17, 15) is 24.5 Å². The quantitative estimate of drug-likeness (QED) is 0.442. The molecule has 0 spiro atoms. The molecule has 0 radical (unpaired) electrons. The van der Waals surface area contributed by atoms with E-state index in [0.717, 1.165) is 23.8 Å². The number of rotatable bonds is 6. The standard InChI is InChI=1S/C16H18N4O6/c1-9(14(21)19-7-6-17-16(19)23)26-15(22)10-2-5-12(18-11-3-4-11)13(8-10)20(24)25/h2,5,8-9,11,18H,3-4,6-7H2,1H3,(H,17,23)/t9-/m0/s1. The molecule has 1 aliphatic heterocycles. The zero-order chi connectivity index (χ0) is 18.8. The Morgan fingerprint density at radius 3 is 2.73 bits per heavy atom. The molecule has 3 rings (SSSR count). The average molecular weight is 362 g/mol. The molecule has 2 fully saturated rings. The van der Waals surface area contributed by atoms with Crippen molar-refractivity contribution in [3.8, 4) is 0 Å². The van der Waals surface area contributed by atoms with Crippen molar-refractivity contribution < 1.29 is 24.0 Å². The predicted octanol–water partition coefficient (Wildman–Crippen LogP) is 1.27. The van der Waals surface area contributed by atoms with Crippen LogP contribution in [0, 0.1) is 10.1 Å². The van der Waals surface area contributed by atoms with E-state index in [4.69, 9.17) is 4.74 Å². The van der Waals surface area contributed by atoms with Crippen LogP contribution in [-0.4, -0.2) is 53.0 Å². The van der Waals surface area contributed by atoms with Crippen LogP contribution in [0.15, 0.2) is 18.2 Å². The largest absolute Gasteiger partial charge is 0.449 e. The minimum absolute atomic E-state index is 0.0384. The minimum Gasteiger partial charge on any atom is -0.449 e. The van der Waals surface area contributed by atoms with Crippen molar-refractivity contribution in [2.45, 2.75) is 31.9 Å². The van der Waals surface area contributed by atoms with Crippen molar-refractivity contribution >= 4 is 29.3 Å². The fourth-order valence-electron chi connectivity index (χ4n) is 2.56. The van der Waals surface area contributed by atoms with Gasteiger partial charge in [-0.15, -0.1) is 0 Å². The summed E-state index contributed by atoms with van der Waals surface area (Å²) >= 11 is 0. The van der Waals surface area contributed by atoms with Crippen LogP contribution in [0.4, 0.5) is 16.2 Å². The van der Waals surface area contributed by atoms with E-state index in [1.54, 1.807) is 0 Å². The third-order valence-electron chi connectivity index (χ3n) is 4.12. The first kappa shape index (κ1) is 17.6. The van der Waals surface area contributed by atoms with E-state index in [2.05, 4.69) is 10.6 Å². The molecule has 0 bridgehead atoms. The number of urea groups is 1. The Bertz CT molecular complexity index is 776. The lowest BCUT2D eigenvalue weighted by atomic mass is 10.1. The maximum absolute atomic E-state index is 12.2. The van der Waals surface area contributed by atoms with E-state index < -0.39 is 28.9 Å². The number of amides is 3. The Labute approximate surface area is 148 Å². The van der Waals surface area contributed by atoms with Crippen LogP contribution in [0.3, 0.4) is 0 Å². The average Bonchev–Trinajstić information content (AvgIpc) is 3.32. The molecule has 10 heteroatoms. The van der Waals surface area contributed by atoms with E-state index in [1.165, 1.54) is 19.1 Å². The van der Waals surface area contributed by atoms with Gasteiger partial charge < -0.3 is 15.4 Å². The highest BCUT2D eigenvalue weighted by Crippen LogP contribution is 2.31. The van der Waals surface area contributed by atoms with Crippen molar-refractivity contribution in [1.82, 2.24) is 10.2 Å². The number of imide groups is 1. The Kier molecular flexibility index (Phi) is 4.74. The van der Waals surface area contributed by atoms with Crippen LogP contribution in [0.1, 0.15) is 30.1 Å². The lowest BCUT2D eigenvalue weighted by Crippen LogP contribution is -2.41. The number of hydrogen-bond donors (Lipinski definition) is 2. The first-order valence-corrected chi connectivity index (χ1v) is 8.22. The van der Waals surface area contributed by atoms with Gasteiger partial charge in [-0.25, -0.2) is 9.59 Å². The third kappa shape index (κ3) is 3.73. The molecule has 0 aromatic heterocycles. The fraction of sp³-hybridized carbons (Fsp3) is 0.438. The monoisotopic (exact) mass is 362 g/mol. The molecule has 1 atom stereocenters. The Balaban J connectivity index is 1.70. The van der Waals surface area contributed by atoms with Crippen LogP contribution >= 0.6 is 0 Å². The SMILES string of the molecule is C[C@H](OC(=O)c1ccc(NC2CC2)c([N+](=O)[O-])c1)C(=O)N1CCNC1=O. The molecule has 1 saturated carbocycles. The summed E-state index contributed by atoms with van der Waals surface area (Å²) in [6.07, 6.45) is 0.713. The number of nitrogens with zero attached hydrogens (tertiary/aromatic N) is 2. The molecule has 1 aliphatic carbocycles. The van der Waals surface area contributed by atoms with Crippen LogP contribution in [0.2, 0.25) is 0 Å². The number of nitro benzene ring substituents is 1. The topological polar surface area (TPSA) is 131 Å². The van der Waals surface area contributed by atoms with Crippen molar-refractivity contribution in [3.05, 3.63) is 33.9 Å². The van der Waals surface area contributed by atoms with Gasteiger partial charge in [-0.2, -0.15) is 0 Å². The minimum atomic E-state index is -1.19. The summed E-state index contributed by atoms with van der Waals surface area (Å²) in [6.45, 7) is 1.89. The highest BCUT2D eigenvalue weighted by atomic mass is 16.6. The second-order valence-electron chi connectivity index (χ2n) is 6.18. The molecule has 1 heterocycles. The Morgan fingerprint density at radius 1 is 1.42 bits per heavy atom. The van der Waals surface area contributed by atoms with Gasteiger partial charge in [-0.05, 0) is 31.9 Å². The number of esters is 1. The van der Waals surface area contributed by atoms with Crippen molar-refractivity contribution in [2.24, 2.45) is 0 Å². The summed E-state index contributed by atoms with van der Waals surface area (Å²) in [5.74, 6) is -1.51. The normalized spacial score (nSPS) is 17.4. The molecular formula is C16H18N4O6. The van der Waals surface area contributed by atoms with Gasteiger partial charge in [0.15, 0.2) is 6.10 Å². The predicted molar refractivity (Wildman–Crippen MR) is 89.7 cm³/mol. The van der Waals surface area contributed by atoms with Crippen LogP contribution in [-0.2, 0) is 9.53 Å². The molecule has 2 aliphatic rings. The Morgan fingerprint density at radius 2 is 2.15 bits per heavy atom. The van der Waals surface area contributed by atoms with Gasteiger partial charge >= 0.3 is 12.0 Å². The molecule has 138 valence electrons. The summed E-state index contributed by atoms with van der Waals surface area (Å²) in [7, 11) is 0. The number of benzene rings is 1. The fourth-order valence-corrected chi connectivity index (χ4v) is 2.56. The second kappa shape index (κ2) is 6.98. The van der Waals surface area contributed by atoms with Crippen LogP contribution in [0.25, 0.3) is 0 Å². The maximum Gasteiger partial charge on any atom is 0.339 e. The van der Waals surface area contributed by atoms with Crippen molar-refractivity contribution in [3.63, 3.8) is 0 Å². The summed E-state index contributed by atoms with van der Waals surface area (Å²) in [4.78, 5) is 47.5. The molecule has 0 unspecified atom stereocenters. The third-order valence-corrected chi connectivity index (χ3v) is 4.12. The summed E-state index contributed by atoms with van der Waals surface area (Å²) < 4.78 is 5.07. The smallest absolute Gasteiger partial charge is 0.339 e. The zero-order valence-electron chi connectivity index (χ0n) is 14.1. The van der Waals surface area contributed by atoms with Gasteiger partial charge in [0.25, 0.3) is 11.6 Å². The van der Waals surface area contributed by atoms with Crippen molar-refractivity contribution in [2.75, 3.05) is 18.4 Å². The number of nitro groups is 1. The van der Waals surface area contributed by atoms with Gasteiger partial charge in [0, 0.05) is 25.2 Å². The van der Waals surface area contributed by atoms with Gasteiger partial charge in [0.05, 0.1) is 10.5 Å². The van der Waals surface area contributed by atoms with Crippen LogP contribution in [0.5, 0.6) is 0 Å². The van der Waals surface area contributed by atoms with E-state index in [0.29, 0.717) is 12.2 Å². The summed E-state index contributed by atoms with van der Waals surface area (Å²) in [5.41, 5.74) is 0.0692. The molecule has 2 N–H and O–H groups in total. The number of anilines is 1. The molecule has 3 amide bonds. The molecule has 1 aromatic rings. The molecule has 10 nitrogen and oxygen atoms in total. The lowest BCUT2D eigenvalue weighted by Gasteiger charge is -2.18. The molecular weight excluding hydrogens is 344 g/mol. The summed E-state index contributed by atoms with van der Waals surface area (Å²) in [6, 6.07) is 3.65. The second-order valence-corrected chi connectivity index (χ2v) is 6.18. The van der Waals surface area contributed by atoms with Gasteiger partial charge in [-0.1, -0.05) is 0 Å². The first-order valence-electron chi connectivity index (χ1n) is 8.22. The summed E-state index contributed by atoms with van der Waals surface area (Å²) in [5, 5.41) is 16.8. The van der Waals surface area contributed by atoms with E-state index >= 15 is 0 Å². The molecule has 26 heavy (non-hydrogen) atoms. The van der Waals surface area contributed by atoms with Gasteiger partial charge in [0.2, 0.25) is 0 Å². The Hall–Kier alpha value is -3.17. The molecule has 1 saturated heterocycles. The van der Waals surface area contributed by atoms with Crippen molar-refractivity contribution in [1.29, 1.82) is 0 Å². The van der Waals surface area contributed by atoms with E-state index in [1.807, 2.05) is 0 Å². The molecule has 1 aromatic carbocycles. The highest BCUT2D eigenvalue weighted by Gasteiger charge is 2.32. The van der Waals surface area contributed by atoms with Crippen LogP contribution < -0.4 is 10.6 Å². The maximum atomic E-state index is 12.2. The number of nitrogens with one attached hydrogen (secondary N) is 2. The van der Waals surface area contributed by atoms with Gasteiger partial charge in [-0.3, -0.25) is 19.8 Å². The first-order chi connectivity index (χ1) is 12.4. The lowest BCUT2D eigenvalue weighted by molar-refractivity contribution is -0.384. The van der Waals surface area contributed by atoms with E-state index in [-0.39, 0.29) is 23.8 Å². The number of ether oxygens (including phenoxy) is 1. The zero-order valence-corrected chi connectivity index (χ0v) is 14.1. The number of carbonyl (C=O) groups is 3. The van der Waals surface area contributed by atoms with Gasteiger partial charge in [0.1, 0.15) is 5.69 Å². The number of carbonyl (C=O) groups excluding carboxylic acids is 3. The highest BCUT2D eigenvalue weighted by molar-refractivity contribution is 5.99.